The molecule has 6 nitrogen and oxygen atoms in total. The second-order valence-corrected chi connectivity index (χ2v) is 8.92. The fraction of sp³-hybridized carbons (Fsp3) is 0.435. The van der Waals surface area contributed by atoms with Crippen molar-refractivity contribution in [1.82, 2.24) is 15.1 Å². The van der Waals surface area contributed by atoms with Crippen LogP contribution in [0.3, 0.4) is 0 Å². The van der Waals surface area contributed by atoms with Crippen LogP contribution >= 0.6 is 11.8 Å². The number of carbonyl (C=O) groups excluding carboxylic acids is 1. The molecule has 2 aliphatic heterocycles. The minimum Gasteiger partial charge on any atom is -0.454 e. The molecule has 0 saturated carbocycles. The van der Waals surface area contributed by atoms with E-state index in [1.54, 1.807) is 11.8 Å². The normalized spacial score (nSPS) is 16.6. The van der Waals surface area contributed by atoms with E-state index in [-0.39, 0.29) is 5.91 Å². The number of carbonyl (C=O) groups is 1. The number of nitrogens with zero attached hydrogens (tertiary/aromatic N) is 2. The first-order valence-electron chi connectivity index (χ1n) is 10.4. The molecule has 0 bridgehead atoms. The van der Waals surface area contributed by atoms with Gasteiger partial charge in [0.2, 0.25) is 12.7 Å². The lowest BCUT2D eigenvalue weighted by Gasteiger charge is -2.34. The van der Waals surface area contributed by atoms with Crippen LogP contribution in [0, 0.1) is 6.92 Å². The molecule has 1 fully saturated rings. The van der Waals surface area contributed by atoms with E-state index in [4.69, 9.17) is 9.47 Å². The highest BCUT2D eigenvalue weighted by atomic mass is 32.2. The summed E-state index contributed by atoms with van der Waals surface area (Å²) < 4.78 is 10.8. The molecule has 2 aromatic carbocycles. The topological polar surface area (TPSA) is 54.0 Å². The van der Waals surface area contributed by atoms with Crippen molar-refractivity contribution in [3.8, 4) is 11.5 Å². The van der Waals surface area contributed by atoms with Crippen molar-refractivity contribution in [3.05, 3.63) is 53.6 Å². The third-order valence-corrected chi connectivity index (χ3v) is 6.40. The van der Waals surface area contributed by atoms with Crippen LogP contribution in [-0.2, 0) is 11.3 Å². The molecule has 1 N–H and O–H groups in total. The number of benzene rings is 2. The predicted molar refractivity (Wildman–Crippen MR) is 119 cm³/mol. The number of piperazine rings is 1. The van der Waals surface area contributed by atoms with Crippen molar-refractivity contribution in [2.75, 3.05) is 51.8 Å². The Morgan fingerprint density at radius 3 is 2.53 bits per heavy atom. The van der Waals surface area contributed by atoms with Gasteiger partial charge in [-0.05, 0) is 36.8 Å². The second kappa shape index (κ2) is 10.2. The van der Waals surface area contributed by atoms with Crippen molar-refractivity contribution in [2.45, 2.75) is 18.4 Å². The van der Waals surface area contributed by atoms with Gasteiger partial charge < -0.3 is 14.8 Å². The Bertz CT molecular complexity index is 851. The summed E-state index contributed by atoms with van der Waals surface area (Å²) in [6.45, 7) is 8.22. The maximum Gasteiger partial charge on any atom is 0.234 e. The van der Waals surface area contributed by atoms with Crippen molar-refractivity contribution in [3.63, 3.8) is 0 Å². The van der Waals surface area contributed by atoms with Gasteiger partial charge in [-0.15, -0.1) is 11.8 Å². The molecule has 1 amide bonds. The average molecular weight is 428 g/mol. The Labute approximate surface area is 182 Å². The van der Waals surface area contributed by atoms with Gasteiger partial charge in [-0.1, -0.05) is 23.8 Å². The third-order valence-electron chi connectivity index (χ3n) is 5.39. The molecular formula is C23H29N3O3S. The van der Waals surface area contributed by atoms with Gasteiger partial charge in [0, 0.05) is 49.9 Å². The summed E-state index contributed by atoms with van der Waals surface area (Å²) in [6, 6.07) is 14.6. The Hall–Kier alpha value is -2.22. The number of ether oxygens (including phenoxy) is 2. The zero-order valence-electron chi connectivity index (χ0n) is 17.4. The van der Waals surface area contributed by atoms with Crippen LogP contribution in [0.15, 0.2) is 47.4 Å². The van der Waals surface area contributed by atoms with E-state index in [0.29, 0.717) is 19.9 Å². The SMILES string of the molecule is Cc1ccc(SCCNC(=O)CN2CCN(Cc3ccc4c(c3)OCO4)CC2)cc1. The number of thioether (sulfide) groups is 1. The van der Waals surface area contributed by atoms with Gasteiger partial charge in [-0.2, -0.15) is 0 Å². The zero-order valence-corrected chi connectivity index (χ0v) is 18.2. The Morgan fingerprint density at radius 1 is 1.00 bits per heavy atom. The molecule has 30 heavy (non-hydrogen) atoms. The summed E-state index contributed by atoms with van der Waals surface area (Å²) in [5.41, 5.74) is 2.50. The average Bonchev–Trinajstić information content (AvgIpc) is 3.22. The van der Waals surface area contributed by atoms with E-state index < -0.39 is 0 Å². The summed E-state index contributed by atoms with van der Waals surface area (Å²) in [7, 11) is 0. The van der Waals surface area contributed by atoms with Crippen LogP contribution in [0.4, 0.5) is 0 Å². The molecule has 160 valence electrons. The number of aryl methyl sites for hydroxylation is 1. The summed E-state index contributed by atoms with van der Waals surface area (Å²) in [6.07, 6.45) is 0. The predicted octanol–water partition coefficient (Wildman–Crippen LogP) is 2.75. The van der Waals surface area contributed by atoms with E-state index in [9.17, 15) is 4.79 Å². The quantitative estimate of drug-likeness (QED) is 0.517. The lowest BCUT2D eigenvalue weighted by atomic mass is 10.1. The molecule has 0 aromatic heterocycles. The Kier molecular flexibility index (Phi) is 7.15. The minimum absolute atomic E-state index is 0.115. The first-order chi connectivity index (χ1) is 14.7. The summed E-state index contributed by atoms with van der Waals surface area (Å²) in [5, 5.41) is 3.05. The monoisotopic (exact) mass is 427 g/mol. The largest absolute Gasteiger partial charge is 0.454 e. The fourth-order valence-electron chi connectivity index (χ4n) is 3.66. The maximum absolute atomic E-state index is 12.2. The number of hydrogen-bond acceptors (Lipinski definition) is 6. The Balaban J connectivity index is 1.11. The lowest BCUT2D eigenvalue weighted by Crippen LogP contribution is -2.49. The Morgan fingerprint density at radius 2 is 1.73 bits per heavy atom. The van der Waals surface area contributed by atoms with Crippen molar-refractivity contribution >= 4 is 17.7 Å². The van der Waals surface area contributed by atoms with Gasteiger partial charge in [0.15, 0.2) is 11.5 Å². The second-order valence-electron chi connectivity index (χ2n) is 7.75. The molecule has 2 heterocycles. The molecule has 0 aliphatic carbocycles. The molecule has 0 unspecified atom stereocenters. The molecule has 0 atom stereocenters. The number of rotatable bonds is 8. The molecule has 2 aliphatic rings. The van der Waals surface area contributed by atoms with Gasteiger partial charge >= 0.3 is 0 Å². The molecule has 4 rings (SSSR count). The minimum atomic E-state index is 0.115. The number of fused-ring (bicyclic) bond motifs is 1. The zero-order chi connectivity index (χ0) is 20.8. The standard InChI is InChI=1S/C23H29N3O3S/c1-18-2-5-20(6-3-18)30-13-8-24-23(27)16-26-11-9-25(10-12-26)15-19-4-7-21-22(14-19)29-17-28-21/h2-7,14H,8-13,15-17H2,1H3,(H,24,27). The van der Waals surface area contributed by atoms with Gasteiger partial charge in [-0.3, -0.25) is 14.6 Å². The van der Waals surface area contributed by atoms with Crippen LogP contribution < -0.4 is 14.8 Å². The molecular weight excluding hydrogens is 398 g/mol. The highest BCUT2D eigenvalue weighted by Crippen LogP contribution is 2.32. The number of hydrogen-bond donors (Lipinski definition) is 1. The van der Waals surface area contributed by atoms with Gasteiger partial charge in [0.25, 0.3) is 0 Å². The molecule has 2 aromatic rings. The summed E-state index contributed by atoms with van der Waals surface area (Å²) in [5.74, 6) is 2.66. The van der Waals surface area contributed by atoms with Crippen LogP contribution in [-0.4, -0.2) is 67.5 Å². The highest BCUT2D eigenvalue weighted by Gasteiger charge is 2.20. The first kappa shape index (κ1) is 21.0. The number of nitrogens with one attached hydrogen (secondary N) is 1. The van der Waals surface area contributed by atoms with Crippen LogP contribution in [0.2, 0.25) is 0 Å². The third kappa shape index (κ3) is 5.90. The lowest BCUT2D eigenvalue weighted by molar-refractivity contribution is -0.122. The van der Waals surface area contributed by atoms with Gasteiger partial charge in [-0.25, -0.2) is 0 Å². The van der Waals surface area contributed by atoms with Gasteiger partial charge in [0.05, 0.1) is 6.54 Å². The van der Waals surface area contributed by atoms with Crippen LogP contribution in [0.1, 0.15) is 11.1 Å². The molecule has 0 radical (unpaired) electrons. The van der Waals surface area contributed by atoms with E-state index in [1.165, 1.54) is 16.0 Å². The maximum atomic E-state index is 12.2. The summed E-state index contributed by atoms with van der Waals surface area (Å²) >= 11 is 1.77. The molecule has 7 heteroatoms. The molecule has 0 spiro atoms. The van der Waals surface area contributed by atoms with E-state index >= 15 is 0 Å². The van der Waals surface area contributed by atoms with E-state index in [2.05, 4.69) is 58.4 Å². The van der Waals surface area contributed by atoms with E-state index in [1.807, 2.05) is 6.07 Å². The first-order valence-corrected chi connectivity index (χ1v) is 11.4. The smallest absolute Gasteiger partial charge is 0.234 e. The van der Waals surface area contributed by atoms with Crippen LogP contribution in [0.5, 0.6) is 11.5 Å². The highest BCUT2D eigenvalue weighted by molar-refractivity contribution is 7.99. The van der Waals surface area contributed by atoms with Crippen molar-refractivity contribution in [1.29, 1.82) is 0 Å². The van der Waals surface area contributed by atoms with Gasteiger partial charge in [0.1, 0.15) is 0 Å². The molecule has 1 saturated heterocycles. The number of amides is 1. The summed E-state index contributed by atoms with van der Waals surface area (Å²) in [4.78, 5) is 18.1. The van der Waals surface area contributed by atoms with Crippen LogP contribution in [0.25, 0.3) is 0 Å². The van der Waals surface area contributed by atoms with E-state index in [0.717, 1.165) is 50.0 Å². The van der Waals surface area contributed by atoms with Crippen molar-refractivity contribution < 1.29 is 14.3 Å². The van der Waals surface area contributed by atoms with Crippen molar-refractivity contribution in [2.24, 2.45) is 0 Å². The fourth-order valence-corrected chi connectivity index (χ4v) is 4.42.